The van der Waals surface area contributed by atoms with Crippen LogP contribution in [0.2, 0.25) is 0 Å². The zero-order chi connectivity index (χ0) is 15.2. The maximum Gasteiger partial charge on any atom is 0.142 e. The summed E-state index contributed by atoms with van der Waals surface area (Å²) >= 11 is 0. The van der Waals surface area contributed by atoms with Crippen molar-refractivity contribution < 1.29 is 8.95 Å². The molecule has 0 saturated heterocycles. The summed E-state index contributed by atoms with van der Waals surface area (Å²) in [5, 5.41) is 0. The van der Waals surface area contributed by atoms with Gasteiger partial charge in [0.1, 0.15) is 5.75 Å². The second-order valence-electron chi connectivity index (χ2n) is 5.17. The van der Waals surface area contributed by atoms with Crippen molar-refractivity contribution >= 4 is 16.5 Å². The van der Waals surface area contributed by atoms with Crippen molar-refractivity contribution in [3.05, 3.63) is 59.2 Å². The van der Waals surface area contributed by atoms with Crippen LogP contribution in [0, 0.1) is 13.8 Å². The van der Waals surface area contributed by atoms with E-state index in [4.69, 9.17) is 10.5 Å². The van der Waals surface area contributed by atoms with Crippen molar-refractivity contribution in [2.24, 2.45) is 0 Å². The van der Waals surface area contributed by atoms with Gasteiger partial charge in [0.25, 0.3) is 0 Å². The fourth-order valence-corrected chi connectivity index (χ4v) is 3.22. The van der Waals surface area contributed by atoms with Gasteiger partial charge in [-0.05, 0) is 31.5 Å². The summed E-state index contributed by atoms with van der Waals surface area (Å²) in [6, 6.07) is 13.6. The Bertz CT molecular complexity index is 620. The third kappa shape index (κ3) is 4.90. The molecule has 21 heavy (non-hydrogen) atoms. The topological polar surface area (TPSA) is 52.3 Å². The van der Waals surface area contributed by atoms with Gasteiger partial charge >= 0.3 is 0 Å². The molecule has 0 spiro atoms. The molecule has 0 aliphatic carbocycles. The molecule has 4 heteroatoms. The molecule has 2 aromatic rings. The van der Waals surface area contributed by atoms with Gasteiger partial charge in [-0.3, -0.25) is 4.21 Å². The van der Waals surface area contributed by atoms with Crippen molar-refractivity contribution in [3.63, 3.8) is 0 Å². The number of aryl methyl sites for hydroxylation is 2. The van der Waals surface area contributed by atoms with E-state index in [1.165, 1.54) is 11.1 Å². The molecule has 2 rings (SSSR count). The molecule has 0 saturated carbocycles. The van der Waals surface area contributed by atoms with Gasteiger partial charge in [0.05, 0.1) is 18.0 Å². The fraction of sp³-hybridized carbons (Fsp3) is 0.294. The Labute approximate surface area is 128 Å². The number of hydrogen-bond donors (Lipinski definition) is 1. The van der Waals surface area contributed by atoms with Gasteiger partial charge in [-0.15, -0.1) is 0 Å². The largest absolute Gasteiger partial charge is 0.490 e. The van der Waals surface area contributed by atoms with E-state index in [1.807, 2.05) is 18.2 Å². The molecule has 0 aliphatic heterocycles. The van der Waals surface area contributed by atoms with Gasteiger partial charge in [0.15, 0.2) is 0 Å². The lowest BCUT2D eigenvalue weighted by Crippen LogP contribution is -2.11. The second kappa shape index (κ2) is 7.27. The molecule has 0 aromatic heterocycles. The van der Waals surface area contributed by atoms with E-state index in [0.29, 0.717) is 29.5 Å². The zero-order valence-corrected chi connectivity index (χ0v) is 13.3. The molecule has 0 radical (unpaired) electrons. The number of rotatable bonds is 6. The lowest BCUT2D eigenvalue weighted by molar-refractivity contribution is 0.344. The Morgan fingerprint density at radius 2 is 1.76 bits per heavy atom. The lowest BCUT2D eigenvalue weighted by atomic mass is 10.1. The summed E-state index contributed by atoms with van der Waals surface area (Å²) in [6.07, 6.45) is 0. The first-order valence-electron chi connectivity index (χ1n) is 6.94. The molecule has 0 heterocycles. The first kappa shape index (κ1) is 15.6. The highest BCUT2D eigenvalue weighted by Crippen LogP contribution is 2.19. The van der Waals surface area contributed by atoms with Crippen LogP contribution in [0.15, 0.2) is 42.5 Å². The zero-order valence-electron chi connectivity index (χ0n) is 12.5. The second-order valence-corrected chi connectivity index (χ2v) is 6.75. The van der Waals surface area contributed by atoms with E-state index < -0.39 is 10.8 Å². The highest BCUT2D eigenvalue weighted by Gasteiger charge is 2.05. The van der Waals surface area contributed by atoms with Gasteiger partial charge in [-0.2, -0.15) is 0 Å². The Hall–Kier alpha value is -1.81. The fourth-order valence-electron chi connectivity index (χ4n) is 2.27. The minimum Gasteiger partial charge on any atom is -0.490 e. The Morgan fingerprint density at radius 1 is 1.10 bits per heavy atom. The Kier molecular flexibility index (Phi) is 5.39. The average molecular weight is 303 g/mol. The van der Waals surface area contributed by atoms with Crippen molar-refractivity contribution in [1.29, 1.82) is 0 Å². The lowest BCUT2D eigenvalue weighted by Gasteiger charge is -2.09. The third-order valence-corrected chi connectivity index (χ3v) is 4.37. The highest BCUT2D eigenvalue weighted by molar-refractivity contribution is 7.84. The summed E-state index contributed by atoms with van der Waals surface area (Å²) in [5.41, 5.74) is 9.93. The molecule has 0 aliphatic rings. The first-order chi connectivity index (χ1) is 10.0. The minimum absolute atomic E-state index is 0.408. The normalized spacial score (nSPS) is 12.1. The van der Waals surface area contributed by atoms with Gasteiger partial charge in [-0.25, -0.2) is 0 Å². The monoisotopic (exact) mass is 303 g/mol. The maximum absolute atomic E-state index is 12.1. The van der Waals surface area contributed by atoms with Crippen molar-refractivity contribution in [1.82, 2.24) is 0 Å². The third-order valence-electron chi connectivity index (χ3n) is 3.10. The predicted octanol–water partition coefficient (Wildman–Crippen LogP) is 3.21. The van der Waals surface area contributed by atoms with Crippen molar-refractivity contribution in [3.8, 4) is 5.75 Å². The van der Waals surface area contributed by atoms with E-state index in [2.05, 4.69) is 32.0 Å². The van der Waals surface area contributed by atoms with Crippen LogP contribution in [0.4, 0.5) is 5.69 Å². The number of nitrogens with two attached hydrogens (primary N) is 1. The highest BCUT2D eigenvalue weighted by atomic mass is 32.2. The smallest absolute Gasteiger partial charge is 0.142 e. The Morgan fingerprint density at radius 3 is 2.43 bits per heavy atom. The molecule has 112 valence electrons. The van der Waals surface area contributed by atoms with Crippen molar-refractivity contribution in [2.45, 2.75) is 19.6 Å². The van der Waals surface area contributed by atoms with E-state index in [1.54, 1.807) is 6.07 Å². The summed E-state index contributed by atoms with van der Waals surface area (Å²) in [4.78, 5) is 0. The number of hydrogen-bond acceptors (Lipinski definition) is 3. The molecule has 3 nitrogen and oxygen atoms in total. The van der Waals surface area contributed by atoms with Crippen molar-refractivity contribution in [2.75, 3.05) is 18.1 Å². The van der Waals surface area contributed by atoms with Crippen LogP contribution in [-0.2, 0) is 16.6 Å². The van der Waals surface area contributed by atoms with Crippen LogP contribution in [0.5, 0.6) is 5.75 Å². The number of anilines is 1. The number of benzene rings is 2. The number of ether oxygens (including phenoxy) is 1. The standard InChI is InChI=1S/C17H21NO2S/c1-13-9-14(2)11-15(10-13)12-21(19)8-7-20-17-6-4-3-5-16(17)18/h3-6,9-11H,7-8,12,18H2,1-2H3. The van der Waals surface area contributed by atoms with E-state index >= 15 is 0 Å². The quantitative estimate of drug-likeness (QED) is 0.834. The first-order valence-corrected chi connectivity index (χ1v) is 8.43. The van der Waals surface area contributed by atoms with Crippen LogP contribution in [0.3, 0.4) is 0 Å². The summed E-state index contributed by atoms with van der Waals surface area (Å²) in [6.45, 7) is 4.52. The van der Waals surface area contributed by atoms with E-state index in [-0.39, 0.29) is 0 Å². The van der Waals surface area contributed by atoms with Crippen LogP contribution >= 0.6 is 0 Å². The Balaban J connectivity index is 1.84. The molecule has 2 aromatic carbocycles. The van der Waals surface area contributed by atoms with E-state index in [0.717, 1.165) is 5.56 Å². The van der Waals surface area contributed by atoms with Gasteiger partial charge in [0, 0.05) is 16.6 Å². The van der Waals surface area contributed by atoms with Crippen LogP contribution < -0.4 is 10.5 Å². The van der Waals surface area contributed by atoms with Gasteiger partial charge < -0.3 is 10.5 Å². The summed E-state index contributed by atoms with van der Waals surface area (Å²) in [5.74, 6) is 1.72. The predicted molar refractivity (Wildman–Crippen MR) is 89.0 cm³/mol. The molecule has 0 bridgehead atoms. The van der Waals surface area contributed by atoms with Crippen LogP contribution in [-0.4, -0.2) is 16.6 Å². The SMILES string of the molecule is Cc1cc(C)cc(CS(=O)CCOc2ccccc2N)c1. The maximum atomic E-state index is 12.1. The molecule has 1 atom stereocenters. The average Bonchev–Trinajstić information content (AvgIpc) is 2.39. The number of nitrogen functional groups attached to an aromatic ring is 1. The summed E-state index contributed by atoms with van der Waals surface area (Å²) in [7, 11) is -0.934. The van der Waals surface area contributed by atoms with Crippen LogP contribution in [0.25, 0.3) is 0 Å². The molecule has 2 N–H and O–H groups in total. The molecular formula is C17H21NO2S. The molecule has 0 amide bonds. The van der Waals surface area contributed by atoms with Crippen LogP contribution in [0.1, 0.15) is 16.7 Å². The van der Waals surface area contributed by atoms with Gasteiger partial charge in [0.2, 0.25) is 0 Å². The molecular weight excluding hydrogens is 282 g/mol. The van der Waals surface area contributed by atoms with Gasteiger partial charge in [-0.1, -0.05) is 41.5 Å². The molecule has 0 fully saturated rings. The number of para-hydroxylation sites is 2. The minimum atomic E-state index is -0.934. The molecule has 1 unspecified atom stereocenters. The summed E-state index contributed by atoms with van der Waals surface area (Å²) < 4.78 is 17.7. The van der Waals surface area contributed by atoms with E-state index in [9.17, 15) is 4.21 Å².